The van der Waals surface area contributed by atoms with Crippen LogP contribution in [0.15, 0.2) is 109 Å². The summed E-state index contributed by atoms with van der Waals surface area (Å²) in [7, 11) is 0. The van der Waals surface area contributed by atoms with E-state index in [0.717, 1.165) is 18.8 Å². The molecule has 0 bridgehead atoms. The second kappa shape index (κ2) is 15.2. The van der Waals surface area contributed by atoms with Crippen LogP contribution >= 0.6 is 0 Å². The van der Waals surface area contributed by atoms with Gasteiger partial charge in [-0.2, -0.15) is 0 Å². The van der Waals surface area contributed by atoms with E-state index in [9.17, 15) is 19.5 Å². The van der Waals surface area contributed by atoms with Gasteiger partial charge < -0.3 is 26.0 Å². The SMILES string of the molecule is CC(C)C[C@H](NC(=O)c1ccc(N2CCN(C(c3ccccc3)c3ccccc3)CC2)c(NC(=O)Nc2ccccc2)c1)C(=O)O. The lowest BCUT2D eigenvalue weighted by molar-refractivity contribution is -0.139. The lowest BCUT2D eigenvalue weighted by Crippen LogP contribution is -2.48. The molecule has 1 aliphatic rings. The Hall–Kier alpha value is -5.15. The van der Waals surface area contributed by atoms with Crippen molar-refractivity contribution >= 4 is 35.0 Å². The van der Waals surface area contributed by atoms with E-state index in [1.807, 2.05) is 50.2 Å². The maximum atomic E-state index is 13.2. The van der Waals surface area contributed by atoms with Crippen molar-refractivity contribution in [3.8, 4) is 0 Å². The van der Waals surface area contributed by atoms with E-state index in [2.05, 4.69) is 74.3 Å². The number of piperazine rings is 1. The number of nitrogens with zero attached hydrogens (tertiary/aromatic N) is 2. The predicted molar refractivity (Wildman–Crippen MR) is 182 cm³/mol. The number of para-hydroxylation sites is 1. The van der Waals surface area contributed by atoms with Crippen LogP contribution in [0.4, 0.5) is 21.9 Å². The van der Waals surface area contributed by atoms with E-state index in [-0.39, 0.29) is 17.5 Å². The number of urea groups is 1. The second-order valence-electron chi connectivity index (χ2n) is 11.9. The number of anilines is 3. The zero-order valence-corrected chi connectivity index (χ0v) is 26.2. The molecule has 238 valence electrons. The van der Waals surface area contributed by atoms with E-state index >= 15 is 0 Å². The number of benzene rings is 4. The minimum absolute atomic E-state index is 0.0877. The molecular formula is C37H41N5O4. The van der Waals surface area contributed by atoms with Crippen LogP contribution in [0.25, 0.3) is 0 Å². The van der Waals surface area contributed by atoms with Gasteiger partial charge in [0, 0.05) is 37.4 Å². The van der Waals surface area contributed by atoms with Gasteiger partial charge in [-0.1, -0.05) is 92.7 Å². The van der Waals surface area contributed by atoms with Crippen molar-refractivity contribution in [2.75, 3.05) is 41.7 Å². The molecule has 1 aliphatic heterocycles. The third-order valence-electron chi connectivity index (χ3n) is 8.10. The fourth-order valence-electron chi connectivity index (χ4n) is 5.90. The molecule has 4 N–H and O–H groups in total. The van der Waals surface area contributed by atoms with Crippen molar-refractivity contribution in [3.05, 3.63) is 126 Å². The second-order valence-corrected chi connectivity index (χ2v) is 11.9. The molecule has 3 amide bonds. The minimum atomic E-state index is -1.08. The van der Waals surface area contributed by atoms with Gasteiger partial charge in [0.1, 0.15) is 6.04 Å². The lowest BCUT2D eigenvalue weighted by atomic mass is 9.96. The fourth-order valence-corrected chi connectivity index (χ4v) is 5.90. The fraction of sp³-hybridized carbons (Fsp3) is 0.270. The number of aliphatic carboxylic acids is 1. The minimum Gasteiger partial charge on any atom is -0.480 e. The first-order valence-electron chi connectivity index (χ1n) is 15.7. The summed E-state index contributed by atoms with van der Waals surface area (Å²) < 4.78 is 0. The molecule has 9 heteroatoms. The normalized spacial score (nSPS) is 14.1. The van der Waals surface area contributed by atoms with Gasteiger partial charge in [0.2, 0.25) is 0 Å². The van der Waals surface area contributed by atoms with Gasteiger partial charge in [0.15, 0.2) is 0 Å². The largest absolute Gasteiger partial charge is 0.480 e. The van der Waals surface area contributed by atoms with E-state index in [0.29, 0.717) is 30.9 Å². The molecule has 1 saturated heterocycles. The Kier molecular flexibility index (Phi) is 10.7. The Morgan fingerprint density at radius 1 is 0.739 bits per heavy atom. The molecular weight excluding hydrogens is 578 g/mol. The molecule has 0 saturated carbocycles. The van der Waals surface area contributed by atoms with Crippen LogP contribution in [0, 0.1) is 5.92 Å². The number of carboxylic acid groups (broad SMARTS) is 1. The number of amides is 3. The van der Waals surface area contributed by atoms with Crippen LogP contribution in [0.3, 0.4) is 0 Å². The maximum absolute atomic E-state index is 13.2. The van der Waals surface area contributed by atoms with Gasteiger partial charge >= 0.3 is 12.0 Å². The highest BCUT2D eigenvalue weighted by molar-refractivity contribution is 6.04. The van der Waals surface area contributed by atoms with E-state index in [1.54, 1.807) is 24.3 Å². The smallest absolute Gasteiger partial charge is 0.326 e. The summed E-state index contributed by atoms with van der Waals surface area (Å²) in [5.41, 5.74) is 4.61. The monoisotopic (exact) mass is 619 g/mol. The van der Waals surface area contributed by atoms with Crippen LogP contribution < -0.4 is 20.9 Å². The average molecular weight is 620 g/mol. The van der Waals surface area contributed by atoms with Crippen molar-refractivity contribution < 1.29 is 19.5 Å². The summed E-state index contributed by atoms with van der Waals surface area (Å²) in [5, 5.41) is 18.1. The van der Waals surface area contributed by atoms with Gasteiger partial charge in [-0.3, -0.25) is 9.69 Å². The number of rotatable bonds is 11. The molecule has 1 atom stereocenters. The zero-order valence-electron chi connectivity index (χ0n) is 26.2. The highest BCUT2D eigenvalue weighted by atomic mass is 16.4. The summed E-state index contributed by atoms with van der Waals surface area (Å²) in [5.74, 6) is -1.50. The van der Waals surface area contributed by atoms with Crippen LogP contribution in [0.1, 0.15) is 47.8 Å². The van der Waals surface area contributed by atoms with Crippen molar-refractivity contribution in [1.82, 2.24) is 10.2 Å². The maximum Gasteiger partial charge on any atom is 0.326 e. The molecule has 46 heavy (non-hydrogen) atoms. The highest BCUT2D eigenvalue weighted by Gasteiger charge is 2.28. The Labute approximate surface area is 270 Å². The van der Waals surface area contributed by atoms with Gasteiger partial charge in [-0.05, 0) is 53.8 Å². The molecule has 0 unspecified atom stereocenters. The third kappa shape index (κ3) is 8.31. The molecule has 0 spiro atoms. The number of carbonyl (C=O) groups is 3. The molecule has 5 rings (SSSR count). The van der Waals surface area contributed by atoms with E-state index in [1.165, 1.54) is 11.1 Å². The Morgan fingerprint density at radius 2 is 1.30 bits per heavy atom. The average Bonchev–Trinajstić information content (AvgIpc) is 3.06. The number of hydrogen-bond acceptors (Lipinski definition) is 5. The topological polar surface area (TPSA) is 114 Å². The number of nitrogens with one attached hydrogen (secondary N) is 3. The summed E-state index contributed by atoms with van der Waals surface area (Å²) in [6, 6.07) is 33.9. The molecule has 4 aromatic carbocycles. The van der Waals surface area contributed by atoms with E-state index < -0.39 is 23.9 Å². The third-order valence-corrected chi connectivity index (χ3v) is 8.10. The Morgan fingerprint density at radius 3 is 1.85 bits per heavy atom. The number of hydrogen-bond donors (Lipinski definition) is 4. The summed E-state index contributed by atoms with van der Waals surface area (Å²) in [4.78, 5) is 42.8. The van der Waals surface area contributed by atoms with Gasteiger partial charge in [-0.25, -0.2) is 9.59 Å². The Balaban J connectivity index is 1.38. The van der Waals surface area contributed by atoms with Crippen LogP contribution in [-0.2, 0) is 4.79 Å². The predicted octanol–water partition coefficient (Wildman–Crippen LogP) is 6.47. The quantitative estimate of drug-likeness (QED) is 0.153. The van der Waals surface area contributed by atoms with Crippen molar-refractivity contribution in [2.24, 2.45) is 5.92 Å². The first kappa shape index (κ1) is 32.2. The summed E-state index contributed by atoms with van der Waals surface area (Å²) >= 11 is 0. The van der Waals surface area contributed by atoms with Crippen LogP contribution in [0.5, 0.6) is 0 Å². The van der Waals surface area contributed by atoms with Crippen molar-refractivity contribution in [2.45, 2.75) is 32.4 Å². The molecule has 1 heterocycles. The summed E-state index contributed by atoms with van der Waals surface area (Å²) in [6.45, 7) is 6.78. The number of carbonyl (C=O) groups excluding carboxylic acids is 2. The molecule has 9 nitrogen and oxygen atoms in total. The van der Waals surface area contributed by atoms with E-state index in [4.69, 9.17) is 0 Å². The highest BCUT2D eigenvalue weighted by Crippen LogP contribution is 2.33. The zero-order chi connectivity index (χ0) is 32.5. The molecule has 0 radical (unpaired) electrons. The molecule has 4 aromatic rings. The van der Waals surface area contributed by atoms with Crippen molar-refractivity contribution in [1.29, 1.82) is 0 Å². The molecule has 0 aliphatic carbocycles. The van der Waals surface area contributed by atoms with Crippen molar-refractivity contribution in [3.63, 3.8) is 0 Å². The summed E-state index contributed by atoms with van der Waals surface area (Å²) in [6.07, 6.45) is 0.307. The first-order valence-corrected chi connectivity index (χ1v) is 15.7. The standard InChI is InChI=1S/C37H41N5O4/c1-26(2)24-32(36(44)45)39-35(43)29-18-19-33(31(25-29)40-37(46)38-30-16-10-5-11-17-30)41-20-22-42(23-21-41)34(27-12-6-3-7-13-27)28-14-8-4-9-15-28/h3-19,25-26,32,34H,20-24H2,1-2H3,(H,39,43)(H,44,45)(H2,38,40,46)/t32-/m0/s1. The number of carboxylic acids is 1. The molecule has 0 aromatic heterocycles. The molecule has 1 fully saturated rings. The van der Waals surface area contributed by atoms with Gasteiger partial charge in [0.05, 0.1) is 17.4 Å². The van der Waals surface area contributed by atoms with Gasteiger partial charge in [0.25, 0.3) is 5.91 Å². The first-order chi connectivity index (χ1) is 22.3. The lowest BCUT2D eigenvalue weighted by Gasteiger charge is -2.41. The van der Waals surface area contributed by atoms with Crippen LogP contribution in [0.2, 0.25) is 0 Å². The van der Waals surface area contributed by atoms with Crippen LogP contribution in [-0.4, -0.2) is 60.1 Å². The Bertz CT molecular complexity index is 1570. The van der Waals surface area contributed by atoms with Gasteiger partial charge in [-0.15, -0.1) is 0 Å².